The van der Waals surface area contributed by atoms with E-state index in [-0.39, 0.29) is 23.6 Å². The summed E-state index contributed by atoms with van der Waals surface area (Å²) in [4.78, 5) is 17.4. The van der Waals surface area contributed by atoms with Crippen LogP contribution in [0.1, 0.15) is 36.3 Å². The zero-order chi connectivity index (χ0) is 15.4. The van der Waals surface area contributed by atoms with Gasteiger partial charge in [-0.2, -0.15) is 0 Å². The molecular weight excluding hydrogens is 286 g/mol. The van der Waals surface area contributed by atoms with Crippen molar-refractivity contribution < 1.29 is 9.21 Å². The number of nitrogens with two attached hydrogens (primary N) is 1. The molecule has 0 bridgehead atoms. The standard InChI is InChI=1S/C15H19N3O2S/c1-9(2)13(16)15-18-12(8-20-15)14(19)17-10-4-6-11(21-3)7-5-10/h4-9,13H,16H2,1-3H3,(H,17,19). The molecule has 2 aromatic rings. The minimum Gasteiger partial charge on any atom is -0.446 e. The Morgan fingerprint density at radius 2 is 2.00 bits per heavy atom. The van der Waals surface area contributed by atoms with Crippen LogP contribution in [0.5, 0.6) is 0 Å². The van der Waals surface area contributed by atoms with Crippen molar-refractivity contribution in [3.8, 4) is 0 Å². The van der Waals surface area contributed by atoms with Gasteiger partial charge in [-0.3, -0.25) is 4.79 Å². The molecule has 2 rings (SSSR count). The minimum atomic E-state index is -0.313. The van der Waals surface area contributed by atoms with E-state index in [1.807, 2.05) is 44.4 Å². The van der Waals surface area contributed by atoms with E-state index in [0.717, 1.165) is 10.6 Å². The van der Waals surface area contributed by atoms with Gasteiger partial charge in [-0.05, 0) is 36.4 Å². The number of hydrogen-bond acceptors (Lipinski definition) is 5. The van der Waals surface area contributed by atoms with E-state index >= 15 is 0 Å². The van der Waals surface area contributed by atoms with Crippen molar-refractivity contribution in [3.05, 3.63) is 42.1 Å². The summed E-state index contributed by atoms with van der Waals surface area (Å²) >= 11 is 1.65. The van der Waals surface area contributed by atoms with Crippen LogP contribution in [0.15, 0.2) is 39.8 Å². The second-order valence-corrected chi connectivity index (χ2v) is 5.90. The Hall–Kier alpha value is -1.79. The second kappa shape index (κ2) is 6.78. The molecule has 1 aromatic heterocycles. The first-order chi connectivity index (χ1) is 10.0. The lowest BCUT2D eigenvalue weighted by molar-refractivity contribution is 0.102. The van der Waals surface area contributed by atoms with Crippen molar-refractivity contribution in [1.29, 1.82) is 0 Å². The van der Waals surface area contributed by atoms with Crippen molar-refractivity contribution in [2.75, 3.05) is 11.6 Å². The van der Waals surface area contributed by atoms with Gasteiger partial charge in [0.25, 0.3) is 5.91 Å². The molecular formula is C15H19N3O2S. The van der Waals surface area contributed by atoms with E-state index in [9.17, 15) is 4.79 Å². The molecule has 6 heteroatoms. The highest BCUT2D eigenvalue weighted by Crippen LogP contribution is 2.20. The van der Waals surface area contributed by atoms with E-state index in [2.05, 4.69) is 10.3 Å². The lowest BCUT2D eigenvalue weighted by Gasteiger charge is -2.10. The Bertz CT molecular complexity index is 608. The first kappa shape index (κ1) is 15.6. The third-order valence-electron chi connectivity index (χ3n) is 3.11. The summed E-state index contributed by atoms with van der Waals surface area (Å²) in [5, 5.41) is 2.78. The van der Waals surface area contributed by atoms with Gasteiger partial charge in [-0.15, -0.1) is 11.8 Å². The molecule has 21 heavy (non-hydrogen) atoms. The predicted molar refractivity (Wildman–Crippen MR) is 84.4 cm³/mol. The van der Waals surface area contributed by atoms with Crippen LogP contribution in [0.4, 0.5) is 5.69 Å². The largest absolute Gasteiger partial charge is 0.446 e. The molecule has 0 spiro atoms. The van der Waals surface area contributed by atoms with E-state index in [1.165, 1.54) is 6.26 Å². The van der Waals surface area contributed by atoms with E-state index in [1.54, 1.807) is 11.8 Å². The molecule has 1 atom stereocenters. The highest BCUT2D eigenvalue weighted by Gasteiger charge is 2.19. The Labute approximate surface area is 128 Å². The summed E-state index contributed by atoms with van der Waals surface area (Å²) in [6.07, 6.45) is 3.34. The van der Waals surface area contributed by atoms with Crippen LogP contribution in [0.2, 0.25) is 0 Å². The predicted octanol–water partition coefficient (Wildman–Crippen LogP) is 3.30. The molecule has 112 valence electrons. The van der Waals surface area contributed by atoms with Gasteiger partial charge in [0.1, 0.15) is 6.26 Å². The SMILES string of the molecule is CSc1ccc(NC(=O)c2coc(C(N)C(C)C)n2)cc1. The van der Waals surface area contributed by atoms with Crippen LogP contribution < -0.4 is 11.1 Å². The van der Waals surface area contributed by atoms with E-state index < -0.39 is 0 Å². The fourth-order valence-corrected chi connectivity index (χ4v) is 2.11. The number of benzene rings is 1. The van der Waals surface area contributed by atoms with Crippen molar-refractivity contribution in [1.82, 2.24) is 4.98 Å². The van der Waals surface area contributed by atoms with Crippen LogP contribution in [0.25, 0.3) is 0 Å². The molecule has 1 aromatic carbocycles. The third-order valence-corrected chi connectivity index (χ3v) is 3.85. The zero-order valence-corrected chi connectivity index (χ0v) is 13.1. The van der Waals surface area contributed by atoms with Crippen LogP contribution in [0, 0.1) is 5.92 Å². The third kappa shape index (κ3) is 3.86. The lowest BCUT2D eigenvalue weighted by atomic mass is 10.1. The highest BCUT2D eigenvalue weighted by atomic mass is 32.2. The molecule has 0 radical (unpaired) electrons. The quantitative estimate of drug-likeness (QED) is 0.828. The molecule has 1 heterocycles. The normalized spacial score (nSPS) is 12.4. The number of aromatic nitrogens is 1. The number of carbonyl (C=O) groups excluding carboxylic acids is 1. The Morgan fingerprint density at radius 3 is 2.57 bits per heavy atom. The number of thioether (sulfide) groups is 1. The summed E-state index contributed by atoms with van der Waals surface area (Å²) in [5.41, 5.74) is 6.90. The number of rotatable bonds is 5. The Morgan fingerprint density at radius 1 is 1.33 bits per heavy atom. The molecule has 0 fully saturated rings. The van der Waals surface area contributed by atoms with Gasteiger partial charge in [-0.25, -0.2) is 4.98 Å². The van der Waals surface area contributed by atoms with Crippen LogP contribution >= 0.6 is 11.8 Å². The molecule has 1 amide bonds. The maximum Gasteiger partial charge on any atom is 0.277 e. The average Bonchev–Trinajstić information content (AvgIpc) is 2.97. The summed E-state index contributed by atoms with van der Waals surface area (Å²) < 4.78 is 5.28. The van der Waals surface area contributed by atoms with Crippen LogP contribution in [-0.2, 0) is 0 Å². The number of hydrogen-bond donors (Lipinski definition) is 2. The van der Waals surface area contributed by atoms with Crippen molar-refractivity contribution in [2.45, 2.75) is 24.8 Å². The first-order valence-corrected chi connectivity index (χ1v) is 7.90. The van der Waals surface area contributed by atoms with Gasteiger partial charge in [-0.1, -0.05) is 13.8 Å². The number of anilines is 1. The molecule has 5 nitrogen and oxygen atoms in total. The number of carbonyl (C=O) groups is 1. The van der Waals surface area contributed by atoms with Gasteiger partial charge < -0.3 is 15.5 Å². The van der Waals surface area contributed by atoms with Crippen molar-refractivity contribution in [2.24, 2.45) is 11.7 Å². The molecule has 3 N–H and O–H groups in total. The smallest absolute Gasteiger partial charge is 0.277 e. The monoisotopic (exact) mass is 305 g/mol. The fraction of sp³-hybridized carbons (Fsp3) is 0.333. The summed E-state index contributed by atoms with van der Waals surface area (Å²) in [5.74, 6) is 0.268. The molecule has 1 unspecified atom stereocenters. The second-order valence-electron chi connectivity index (χ2n) is 5.02. The topological polar surface area (TPSA) is 81.2 Å². The van der Waals surface area contributed by atoms with E-state index in [4.69, 9.17) is 10.2 Å². The van der Waals surface area contributed by atoms with Crippen LogP contribution in [-0.4, -0.2) is 17.1 Å². The van der Waals surface area contributed by atoms with Gasteiger partial charge in [0, 0.05) is 10.6 Å². The molecule has 0 saturated heterocycles. The average molecular weight is 305 g/mol. The van der Waals surface area contributed by atoms with Gasteiger partial charge in [0.15, 0.2) is 5.69 Å². The minimum absolute atomic E-state index is 0.193. The van der Waals surface area contributed by atoms with Gasteiger partial charge >= 0.3 is 0 Å². The molecule has 0 aliphatic carbocycles. The lowest BCUT2D eigenvalue weighted by Crippen LogP contribution is -2.18. The van der Waals surface area contributed by atoms with Gasteiger partial charge in [0.05, 0.1) is 6.04 Å². The van der Waals surface area contributed by atoms with Gasteiger partial charge in [0.2, 0.25) is 5.89 Å². The molecule has 0 saturated carbocycles. The maximum absolute atomic E-state index is 12.1. The maximum atomic E-state index is 12.1. The first-order valence-electron chi connectivity index (χ1n) is 6.67. The highest BCUT2D eigenvalue weighted by molar-refractivity contribution is 7.98. The number of nitrogens with one attached hydrogen (secondary N) is 1. The summed E-state index contributed by atoms with van der Waals surface area (Å²) in [6.45, 7) is 3.95. The van der Waals surface area contributed by atoms with Crippen LogP contribution in [0.3, 0.4) is 0 Å². The number of amides is 1. The Kier molecular flexibility index (Phi) is 5.03. The van der Waals surface area contributed by atoms with Crippen molar-refractivity contribution >= 4 is 23.4 Å². The fourth-order valence-electron chi connectivity index (χ4n) is 1.70. The number of oxazole rings is 1. The zero-order valence-electron chi connectivity index (χ0n) is 12.3. The Balaban J connectivity index is 2.06. The van der Waals surface area contributed by atoms with E-state index in [0.29, 0.717) is 5.89 Å². The summed E-state index contributed by atoms with van der Waals surface area (Å²) in [6, 6.07) is 7.29. The number of nitrogens with zero attached hydrogens (tertiary/aromatic N) is 1. The van der Waals surface area contributed by atoms with Crippen molar-refractivity contribution in [3.63, 3.8) is 0 Å². The summed E-state index contributed by atoms with van der Waals surface area (Å²) in [7, 11) is 0. The molecule has 0 aliphatic rings. The molecule has 0 aliphatic heterocycles.